The maximum Gasteiger partial charge on any atom is 0.264 e. The van der Waals surface area contributed by atoms with Crippen LogP contribution in [0.4, 0.5) is 15.8 Å². The van der Waals surface area contributed by atoms with Crippen molar-refractivity contribution in [1.82, 2.24) is 0 Å². The average molecular weight is 438 g/mol. The van der Waals surface area contributed by atoms with Crippen molar-refractivity contribution in [1.29, 1.82) is 0 Å². The van der Waals surface area contributed by atoms with Gasteiger partial charge in [-0.05, 0) is 74.7 Å². The average Bonchev–Trinajstić information content (AvgIpc) is 2.31. The highest BCUT2D eigenvalue weighted by molar-refractivity contribution is 9.11. The number of halogens is 3. The summed E-state index contributed by atoms with van der Waals surface area (Å²) >= 11 is 6.37. The van der Waals surface area contributed by atoms with Gasteiger partial charge in [0.1, 0.15) is 10.7 Å². The molecule has 112 valence electrons. The highest BCUT2D eigenvalue weighted by Crippen LogP contribution is 2.33. The molecule has 0 fully saturated rings. The molecule has 0 aliphatic rings. The molecule has 0 aromatic heterocycles. The van der Waals surface area contributed by atoms with E-state index in [4.69, 9.17) is 5.73 Å². The van der Waals surface area contributed by atoms with Crippen molar-refractivity contribution in [2.45, 2.75) is 11.8 Å². The van der Waals surface area contributed by atoms with Crippen LogP contribution in [0, 0.1) is 12.7 Å². The first-order chi connectivity index (χ1) is 9.70. The molecule has 0 bridgehead atoms. The predicted octanol–water partition coefficient (Wildman–Crippen LogP) is 4.04. The summed E-state index contributed by atoms with van der Waals surface area (Å²) in [5, 5.41) is 0. The summed E-state index contributed by atoms with van der Waals surface area (Å²) in [5.41, 5.74) is 6.70. The Labute approximate surface area is 138 Å². The van der Waals surface area contributed by atoms with Crippen LogP contribution in [-0.4, -0.2) is 8.42 Å². The maximum atomic E-state index is 13.2. The Kier molecular flexibility index (Phi) is 4.60. The first kappa shape index (κ1) is 16.3. The molecule has 0 amide bonds. The van der Waals surface area contributed by atoms with Crippen molar-refractivity contribution in [3.63, 3.8) is 0 Å². The maximum absolute atomic E-state index is 13.2. The van der Waals surface area contributed by atoms with Gasteiger partial charge < -0.3 is 5.73 Å². The molecule has 0 saturated carbocycles. The highest BCUT2D eigenvalue weighted by Gasteiger charge is 2.22. The van der Waals surface area contributed by atoms with Crippen molar-refractivity contribution in [2.24, 2.45) is 0 Å². The summed E-state index contributed by atoms with van der Waals surface area (Å²) in [4.78, 5) is 0.0266. The van der Waals surface area contributed by atoms with Crippen LogP contribution in [0.5, 0.6) is 0 Å². The van der Waals surface area contributed by atoms with Crippen molar-refractivity contribution in [3.8, 4) is 0 Å². The number of aryl methyl sites for hydroxylation is 1. The van der Waals surface area contributed by atoms with E-state index in [1.54, 1.807) is 6.92 Å². The lowest BCUT2D eigenvalue weighted by Gasteiger charge is -2.12. The fraction of sp³-hybridized carbons (Fsp3) is 0.0769. The van der Waals surface area contributed by atoms with Gasteiger partial charge in [-0.25, -0.2) is 12.8 Å². The van der Waals surface area contributed by atoms with Crippen LogP contribution in [0.3, 0.4) is 0 Å². The lowest BCUT2D eigenvalue weighted by atomic mass is 10.2. The normalized spacial score (nSPS) is 11.4. The summed E-state index contributed by atoms with van der Waals surface area (Å²) in [6.07, 6.45) is 0. The molecule has 0 atom stereocenters. The van der Waals surface area contributed by atoms with E-state index in [2.05, 4.69) is 36.6 Å². The third-order valence-electron chi connectivity index (χ3n) is 2.70. The van der Waals surface area contributed by atoms with Crippen molar-refractivity contribution in [2.75, 3.05) is 10.5 Å². The fourth-order valence-corrected chi connectivity index (χ4v) is 5.42. The first-order valence-corrected chi connectivity index (χ1v) is 8.81. The number of sulfonamides is 1. The van der Waals surface area contributed by atoms with E-state index in [0.29, 0.717) is 20.2 Å². The van der Waals surface area contributed by atoms with E-state index < -0.39 is 15.8 Å². The largest absolute Gasteiger partial charge is 0.399 e. The minimum absolute atomic E-state index is 0.0266. The molecule has 4 nitrogen and oxygen atoms in total. The van der Waals surface area contributed by atoms with E-state index in [9.17, 15) is 12.8 Å². The SMILES string of the molecule is Cc1cc(NS(=O)(=O)c2c(Br)cc(N)cc2Br)ccc1F. The molecule has 2 aromatic carbocycles. The Morgan fingerprint density at radius 3 is 2.24 bits per heavy atom. The Bertz CT molecular complexity index is 787. The third-order valence-corrected chi connectivity index (χ3v) is 5.96. The van der Waals surface area contributed by atoms with Crippen LogP contribution < -0.4 is 10.5 Å². The Morgan fingerprint density at radius 1 is 1.14 bits per heavy atom. The van der Waals surface area contributed by atoms with Crippen LogP contribution >= 0.6 is 31.9 Å². The number of nitrogens with two attached hydrogens (primary N) is 1. The second-order valence-corrected chi connectivity index (χ2v) is 7.71. The number of anilines is 2. The van der Waals surface area contributed by atoms with Crippen molar-refractivity contribution < 1.29 is 12.8 Å². The molecule has 21 heavy (non-hydrogen) atoms. The monoisotopic (exact) mass is 436 g/mol. The van der Waals surface area contributed by atoms with Gasteiger partial charge in [-0.1, -0.05) is 0 Å². The zero-order chi connectivity index (χ0) is 15.8. The molecule has 3 N–H and O–H groups in total. The number of rotatable bonds is 3. The number of benzene rings is 2. The molecule has 8 heteroatoms. The topological polar surface area (TPSA) is 72.2 Å². The van der Waals surface area contributed by atoms with Gasteiger partial charge in [0.05, 0.1) is 0 Å². The smallest absolute Gasteiger partial charge is 0.264 e. The lowest BCUT2D eigenvalue weighted by Crippen LogP contribution is -2.14. The van der Waals surface area contributed by atoms with E-state index in [1.807, 2.05) is 0 Å². The minimum atomic E-state index is -3.84. The van der Waals surface area contributed by atoms with Gasteiger partial charge in [0, 0.05) is 20.3 Å². The second-order valence-electron chi connectivity index (χ2n) is 4.38. The summed E-state index contributed by atoms with van der Waals surface area (Å²) in [7, 11) is -3.84. The van der Waals surface area contributed by atoms with Crippen LogP contribution in [0.25, 0.3) is 0 Å². The van der Waals surface area contributed by atoms with Crippen LogP contribution in [-0.2, 0) is 10.0 Å². The van der Waals surface area contributed by atoms with Crippen molar-refractivity contribution >= 4 is 53.3 Å². The number of nitrogens with one attached hydrogen (secondary N) is 1. The van der Waals surface area contributed by atoms with Gasteiger partial charge in [0.2, 0.25) is 0 Å². The van der Waals surface area contributed by atoms with Gasteiger partial charge in [-0.15, -0.1) is 0 Å². The fourth-order valence-electron chi connectivity index (χ4n) is 1.75. The number of hydrogen-bond acceptors (Lipinski definition) is 3. The van der Waals surface area contributed by atoms with E-state index >= 15 is 0 Å². The molecule has 0 aliphatic carbocycles. The molecule has 0 unspecified atom stereocenters. The number of hydrogen-bond donors (Lipinski definition) is 2. The number of nitrogen functional groups attached to an aromatic ring is 1. The summed E-state index contributed by atoms with van der Waals surface area (Å²) in [6, 6.07) is 6.98. The lowest BCUT2D eigenvalue weighted by molar-refractivity contribution is 0.600. The molecule has 0 heterocycles. The zero-order valence-electron chi connectivity index (χ0n) is 10.8. The van der Waals surface area contributed by atoms with Gasteiger partial charge >= 0.3 is 0 Å². The van der Waals surface area contributed by atoms with E-state index in [-0.39, 0.29) is 10.6 Å². The third kappa shape index (κ3) is 3.56. The van der Waals surface area contributed by atoms with Crippen molar-refractivity contribution in [3.05, 3.63) is 50.7 Å². The Hall–Kier alpha value is -1.12. The molecular weight excluding hydrogens is 427 g/mol. The molecule has 0 aliphatic heterocycles. The summed E-state index contributed by atoms with van der Waals surface area (Å²) in [5.74, 6) is -0.396. The summed E-state index contributed by atoms with van der Waals surface area (Å²) < 4.78 is 41.2. The van der Waals surface area contributed by atoms with Gasteiger partial charge in [0.15, 0.2) is 0 Å². The quantitative estimate of drug-likeness (QED) is 0.711. The Morgan fingerprint density at radius 2 is 1.71 bits per heavy atom. The molecule has 0 radical (unpaired) electrons. The molecule has 2 aromatic rings. The van der Waals surface area contributed by atoms with Crippen LogP contribution in [0.1, 0.15) is 5.56 Å². The Balaban J connectivity index is 2.46. The molecular formula is C13H11Br2FN2O2S. The molecule has 2 rings (SSSR count). The molecule has 0 saturated heterocycles. The predicted molar refractivity (Wildman–Crippen MR) is 88.2 cm³/mol. The van der Waals surface area contributed by atoms with Gasteiger partial charge in [-0.3, -0.25) is 4.72 Å². The van der Waals surface area contributed by atoms with Gasteiger partial charge in [0.25, 0.3) is 10.0 Å². The second kappa shape index (κ2) is 5.94. The standard InChI is InChI=1S/C13H11Br2FN2O2S/c1-7-4-9(2-3-12(7)16)18-21(19,20)13-10(14)5-8(17)6-11(13)15/h2-6,18H,17H2,1H3. The molecule has 0 spiro atoms. The van der Waals surface area contributed by atoms with E-state index in [0.717, 1.165) is 0 Å². The summed E-state index contributed by atoms with van der Waals surface area (Å²) in [6.45, 7) is 1.56. The van der Waals surface area contributed by atoms with E-state index in [1.165, 1.54) is 30.3 Å². The first-order valence-electron chi connectivity index (χ1n) is 5.74. The highest BCUT2D eigenvalue weighted by atomic mass is 79.9. The van der Waals surface area contributed by atoms with Gasteiger partial charge in [-0.2, -0.15) is 0 Å². The van der Waals surface area contributed by atoms with Crippen LogP contribution in [0.15, 0.2) is 44.2 Å². The van der Waals surface area contributed by atoms with Crippen LogP contribution in [0.2, 0.25) is 0 Å². The minimum Gasteiger partial charge on any atom is -0.399 e. The zero-order valence-corrected chi connectivity index (χ0v) is 14.8.